The van der Waals surface area contributed by atoms with E-state index in [1.54, 1.807) is 0 Å². The zero-order chi connectivity index (χ0) is 74.1. The topological polar surface area (TPSA) is 237 Å². The first-order valence-corrected chi connectivity index (χ1v) is 44.9. The Hall–Kier alpha value is -2.46. The van der Waals surface area contributed by atoms with E-state index in [1.165, 1.54) is 225 Å². The van der Waals surface area contributed by atoms with Crippen molar-refractivity contribution in [1.82, 2.24) is 0 Å². The molecule has 2 unspecified atom stereocenters. The number of hydrogen-bond acceptors (Lipinski definition) is 15. The molecule has 101 heavy (non-hydrogen) atoms. The zero-order valence-corrected chi connectivity index (χ0v) is 67.3. The maximum absolute atomic E-state index is 13.1. The molecule has 17 nitrogen and oxygen atoms in total. The first-order chi connectivity index (χ1) is 49.0. The molecule has 0 aliphatic rings. The highest BCUT2D eigenvalue weighted by Gasteiger charge is 2.30. The number of aliphatic hydroxyl groups excluding tert-OH is 1. The van der Waals surface area contributed by atoms with Crippen LogP contribution in [0.1, 0.15) is 413 Å². The van der Waals surface area contributed by atoms with E-state index in [2.05, 4.69) is 58.9 Å². The van der Waals surface area contributed by atoms with Crippen molar-refractivity contribution < 1.29 is 80.2 Å². The number of phosphoric ester groups is 2. The van der Waals surface area contributed by atoms with Gasteiger partial charge in [-0.15, -0.1) is 0 Å². The van der Waals surface area contributed by atoms with Crippen LogP contribution >= 0.6 is 15.6 Å². The molecule has 0 bridgehead atoms. The quantitative estimate of drug-likeness (QED) is 0.0169. The Balaban J connectivity index is 5.25. The molecule has 0 aliphatic carbocycles. The summed E-state index contributed by atoms with van der Waals surface area (Å²) in [5.74, 6) is -1.33. The van der Waals surface area contributed by atoms with Crippen LogP contribution in [0.4, 0.5) is 0 Å². The standard InChI is InChI=1S/C82H156O17P2/c1-6-9-12-15-18-21-23-25-27-28-29-34-37-41-46-51-56-61-66-80(85)93-72-78(99-82(87)68-63-58-53-48-43-39-35-31-30-33-36-40-45-49-54-59-64-75(4)5)74-97-101(90,91)95-70-76(83)69-94-100(88,89)96-73-77(71-92-79(84)65-60-55-50-44-20-17-14-11-8-3)98-81(86)67-62-57-52-47-42-38-32-26-24-22-19-16-13-10-7-2/h22,24,26,32,75-78,83H,6-21,23,25,27-31,33-74H2,1-5H3,(H,88,89)(H,90,91)/b24-22-,32-26-/t76-,77+,78+/m0/s1. The molecule has 0 spiro atoms. The first kappa shape index (κ1) is 98.5. The van der Waals surface area contributed by atoms with Crippen LogP contribution in [0.2, 0.25) is 0 Å². The number of esters is 4. The first-order valence-electron chi connectivity index (χ1n) is 42.0. The summed E-state index contributed by atoms with van der Waals surface area (Å²) >= 11 is 0. The molecule has 3 N–H and O–H groups in total. The van der Waals surface area contributed by atoms with E-state index >= 15 is 0 Å². The summed E-state index contributed by atoms with van der Waals surface area (Å²) in [5, 5.41) is 10.6. The lowest BCUT2D eigenvalue weighted by atomic mass is 10.0. The van der Waals surface area contributed by atoms with Gasteiger partial charge >= 0.3 is 39.5 Å². The van der Waals surface area contributed by atoms with Gasteiger partial charge in [0.15, 0.2) is 12.2 Å². The highest BCUT2D eigenvalue weighted by Crippen LogP contribution is 2.45. The van der Waals surface area contributed by atoms with Gasteiger partial charge in [0, 0.05) is 25.7 Å². The van der Waals surface area contributed by atoms with E-state index in [0.717, 1.165) is 109 Å². The maximum Gasteiger partial charge on any atom is 0.472 e. The molecular weight excluding hydrogens is 1320 g/mol. The van der Waals surface area contributed by atoms with Gasteiger partial charge in [-0.1, -0.05) is 361 Å². The van der Waals surface area contributed by atoms with Crippen LogP contribution in [0.15, 0.2) is 24.3 Å². The van der Waals surface area contributed by atoms with Crippen LogP contribution in [0.3, 0.4) is 0 Å². The van der Waals surface area contributed by atoms with Crippen LogP contribution in [0, 0.1) is 5.92 Å². The lowest BCUT2D eigenvalue weighted by molar-refractivity contribution is -0.161. The molecule has 0 aromatic rings. The summed E-state index contributed by atoms with van der Waals surface area (Å²) < 4.78 is 68.7. The normalized spacial score (nSPS) is 14.0. The van der Waals surface area contributed by atoms with Gasteiger partial charge in [-0.05, 0) is 57.3 Å². The van der Waals surface area contributed by atoms with Crippen molar-refractivity contribution in [2.24, 2.45) is 5.92 Å². The van der Waals surface area contributed by atoms with Crippen molar-refractivity contribution in [2.45, 2.75) is 432 Å². The molecule has 0 heterocycles. The summed E-state index contributed by atoms with van der Waals surface area (Å²) in [6, 6.07) is 0. The van der Waals surface area contributed by atoms with Crippen LogP contribution < -0.4 is 0 Å². The van der Waals surface area contributed by atoms with Gasteiger partial charge in [-0.3, -0.25) is 37.3 Å². The number of phosphoric acid groups is 2. The third-order valence-electron chi connectivity index (χ3n) is 18.7. The van der Waals surface area contributed by atoms with Crippen molar-refractivity contribution in [3.05, 3.63) is 24.3 Å². The number of rotatable bonds is 80. The Labute approximate surface area is 618 Å². The zero-order valence-electron chi connectivity index (χ0n) is 65.5. The minimum absolute atomic E-state index is 0.0854. The Bertz CT molecular complexity index is 2020. The third-order valence-corrected chi connectivity index (χ3v) is 20.6. The van der Waals surface area contributed by atoms with Crippen molar-refractivity contribution in [1.29, 1.82) is 0 Å². The van der Waals surface area contributed by atoms with Crippen LogP contribution in [0.25, 0.3) is 0 Å². The fourth-order valence-corrected chi connectivity index (χ4v) is 13.8. The fraction of sp³-hybridized carbons (Fsp3) is 0.902. The van der Waals surface area contributed by atoms with Gasteiger partial charge in [0.25, 0.3) is 0 Å². The predicted molar refractivity (Wildman–Crippen MR) is 414 cm³/mol. The Morgan fingerprint density at radius 2 is 0.535 bits per heavy atom. The number of aliphatic hydroxyl groups is 1. The average Bonchev–Trinajstić information content (AvgIpc) is 0.943. The van der Waals surface area contributed by atoms with Crippen molar-refractivity contribution in [2.75, 3.05) is 39.6 Å². The number of carbonyl (C=O) groups excluding carboxylic acids is 4. The molecule has 0 saturated heterocycles. The van der Waals surface area contributed by atoms with E-state index in [0.29, 0.717) is 25.7 Å². The molecule has 0 saturated carbocycles. The molecule has 0 fully saturated rings. The summed E-state index contributed by atoms with van der Waals surface area (Å²) in [5.41, 5.74) is 0. The number of unbranched alkanes of at least 4 members (excludes halogenated alkanes) is 49. The molecule has 19 heteroatoms. The summed E-state index contributed by atoms with van der Waals surface area (Å²) in [6.45, 7) is 7.28. The van der Waals surface area contributed by atoms with Crippen molar-refractivity contribution in [3.8, 4) is 0 Å². The molecule has 5 atom stereocenters. The van der Waals surface area contributed by atoms with E-state index < -0.39 is 97.5 Å². The van der Waals surface area contributed by atoms with Gasteiger partial charge in [-0.25, -0.2) is 9.13 Å². The van der Waals surface area contributed by atoms with Crippen LogP contribution in [-0.4, -0.2) is 96.7 Å². The van der Waals surface area contributed by atoms with E-state index in [9.17, 15) is 43.2 Å². The lowest BCUT2D eigenvalue weighted by Gasteiger charge is -2.21. The highest BCUT2D eigenvalue weighted by molar-refractivity contribution is 7.47. The maximum atomic E-state index is 13.1. The van der Waals surface area contributed by atoms with E-state index in [4.69, 9.17) is 37.0 Å². The smallest absolute Gasteiger partial charge is 0.462 e. The second-order valence-electron chi connectivity index (χ2n) is 29.3. The monoisotopic (exact) mass is 1480 g/mol. The van der Waals surface area contributed by atoms with Crippen molar-refractivity contribution >= 4 is 39.5 Å². The fourth-order valence-electron chi connectivity index (χ4n) is 12.2. The Morgan fingerprint density at radius 3 is 0.812 bits per heavy atom. The number of ether oxygens (including phenoxy) is 4. The van der Waals surface area contributed by atoms with Crippen LogP contribution in [-0.2, 0) is 65.4 Å². The minimum atomic E-state index is -4.97. The van der Waals surface area contributed by atoms with Crippen molar-refractivity contribution in [3.63, 3.8) is 0 Å². The third kappa shape index (κ3) is 75.6. The van der Waals surface area contributed by atoms with E-state index in [1.807, 2.05) is 0 Å². The Kier molecular flexibility index (Phi) is 72.6. The predicted octanol–water partition coefficient (Wildman–Crippen LogP) is 24.4. The molecule has 0 aromatic heterocycles. The lowest BCUT2D eigenvalue weighted by Crippen LogP contribution is -2.30. The SMILES string of the molecule is CCCCCC/C=C\C=C/CCCCCCCC(=O)O[C@H](COC(=O)CCCCCCCCCCC)COP(=O)(O)OC[C@H](O)COP(=O)(O)OC[C@@H](COC(=O)CCCCCCCCCCCCCCCCCCCC)OC(=O)CCCCCCCCCCCCCCCCCCC(C)C. The molecule has 0 aromatic carbocycles. The second-order valence-corrected chi connectivity index (χ2v) is 32.2. The van der Waals surface area contributed by atoms with Gasteiger partial charge in [0.05, 0.1) is 26.4 Å². The molecule has 0 rings (SSSR count). The number of hydrogen-bond donors (Lipinski definition) is 3. The van der Waals surface area contributed by atoms with Gasteiger partial charge in [0.2, 0.25) is 0 Å². The summed E-state index contributed by atoms with van der Waals surface area (Å²) in [7, 11) is -9.93. The van der Waals surface area contributed by atoms with Crippen LogP contribution in [0.5, 0.6) is 0 Å². The number of allylic oxidation sites excluding steroid dienone is 4. The largest absolute Gasteiger partial charge is 0.472 e. The van der Waals surface area contributed by atoms with Gasteiger partial charge < -0.3 is 33.8 Å². The molecule has 0 amide bonds. The molecule has 0 radical (unpaired) electrons. The molecule has 0 aliphatic heterocycles. The van der Waals surface area contributed by atoms with Gasteiger partial charge in [-0.2, -0.15) is 0 Å². The van der Waals surface area contributed by atoms with Gasteiger partial charge in [0.1, 0.15) is 19.3 Å². The summed E-state index contributed by atoms with van der Waals surface area (Å²) in [6.07, 6.45) is 68.8. The molecular formula is C82H156O17P2. The average molecular weight is 1480 g/mol. The minimum Gasteiger partial charge on any atom is -0.462 e. The van der Waals surface area contributed by atoms with E-state index in [-0.39, 0.29) is 25.7 Å². The number of carbonyl (C=O) groups is 4. The highest BCUT2D eigenvalue weighted by atomic mass is 31.2. The molecule has 596 valence electrons. The summed E-state index contributed by atoms with van der Waals surface area (Å²) in [4.78, 5) is 73.0. The second kappa shape index (κ2) is 74.4. The Morgan fingerprint density at radius 1 is 0.307 bits per heavy atom.